The molecule has 2 saturated heterocycles. The minimum atomic E-state index is -0.547. The summed E-state index contributed by atoms with van der Waals surface area (Å²) in [6, 6.07) is 0. The van der Waals surface area contributed by atoms with Gasteiger partial charge in [0.25, 0.3) is 0 Å². The van der Waals surface area contributed by atoms with Gasteiger partial charge in [0.15, 0.2) is 12.4 Å². The predicted octanol–water partition coefficient (Wildman–Crippen LogP) is 2.25. The summed E-state index contributed by atoms with van der Waals surface area (Å²) in [4.78, 5) is 36.2. The lowest BCUT2D eigenvalue weighted by atomic mass is 9.73. The van der Waals surface area contributed by atoms with Gasteiger partial charge in [-0.1, -0.05) is 0 Å². The maximum Gasteiger partial charge on any atom is 0.410 e. The summed E-state index contributed by atoms with van der Waals surface area (Å²) in [7, 11) is 0. The zero-order valence-corrected chi connectivity index (χ0v) is 18.0. The number of rotatable bonds is 4. The van der Waals surface area contributed by atoms with E-state index in [0.717, 1.165) is 13.1 Å². The zero-order valence-electron chi connectivity index (χ0n) is 18.0. The van der Waals surface area contributed by atoms with Crippen molar-refractivity contribution >= 4 is 18.0 Å². The minimum Gasteiger partial charge on any atom is -0.479 e. The number of anilines is 1. The third-order valence-electron chi connectivity index (χ3n) is 4.43. The molecule has 3 heterocycles. The van der Waals surface area contributed by atoms with Crippen molar-refractivity contribution in [2.75, 3.05) is 37.7 Å². The number of likely N-dealkylation sites (tertiary alicyclic amines) is 1. The normalized spacial score (nSPS) is 18.0. The molecule has 0 saturated carbocycles. The molecule has 1 aromatic rings. The summed E-state index contributed by atoms with van der Waals surface area (Å²) in [5.41, 5.74) is -0.923. The van der Waals surface area contributed by atoms with E-state index in [4.69, 9.17) is 14.2 Å². The van der Waals surface area contributed by atoms with Crippen LogP contribution in [-0.4, -0.2) is 70.9 Å². The molecule has 0 radical (unpaired) electrons. The van der Waals surface area contributed by atoms with Crippen molar-refractivity contribution in [1.82, 2.24) is 14.9 Å². The van der Waals surface area contributed by atoms with Gasteiger partial charge < -0.3 is 24.0 Å². The van der Waals surface area contributed by atoms with Crippen LogP contribution in [-0.2, 0) is 14.3 Å². The SMILES string of the molecule is CC(C)(C)OC(=O)COc1cnc(N2CC3(CN(C(=O)OC(C)(C)C)C3)C2)nc1. The van der Waals surface area contributed by atoms with Crippen LogP contribution in [0.4, 0.5) is 10.7 Å². The van der Waals surface area contributed by atoms with E-state index in [-0.39, 0.29) is 18.1 Å². The smallest absolute Gasteiger partial charge is 0.410 e. The summed E-state index contributed by atoms with van der Waals surface area (Å²) in [6.07, 6.45) is 2.83. The molecular weight excluding hydrogens is 376 g/mol. The monoisotopic (exact) mass is 406 g/mol. The fraction of sp³-hybridized carbons (Fsp3) is 0.700. The van der Waals surface area contributed by atoms with Crippen molar-refractivity contribution in [3.8, 4) is 5.75 Å². The number of carbonyl (C=O) groups is 2. The lowest BCUT2D eigenvalue weighted by Crippen LogP contribution is -2.73. The fourth-order valence-electron chi connectivity index (χ4n) is 3.38. The molecule has 1 aromatic heterocycles. The van der Waals surface area contributed by atoms with E-state index < -0.39 is 17.2 Å². The number of ether oxygens (including phenoxy) is 3. The molecule has 0 aromatic carbocycles. The Hall–Kier alpha value is -2.58. The Labute approximate surface area is 171 Å². The zero-order chi connectivity index (χ0) is 21.4. The van der Waals surface area contributed by atoms with E-state index in [2.05, 4.69) is 14.9 Å². The highest BCUT2D eigenvalue weighted by atomic mass is 16.6. The van der Waals surface area contributed by atoms with Gasteiger partial charge in [-0.15, -0.1) is 0 Å². The molecule has 160 valence electrons. The van der Waals surface area contributed by atoms with Gasteiger partial charge in [0.2, 0.25) is 5.95 Å². The molecule has 9 heteroatoms. The molecule has 0 unspecified atom stereocenters. The van der Waals surface area contributed by atoms with Gasteiger partial charge in [-0.2, -0.15) is 0 Å². The minimum absolute atomic E-state index is 0.103. The summed E-state index contributed by atoms with van der Waals surface area (Å²) < 4.78 is 16.0. The largest absolute Gasteiger partial charge is 0.479 e. The fourth-order valence-corrected chi connectivity index (χ4v) is 3.38. The van der Waals surface area contributed by atoms with Crippen molar-refractivity contribution in [2.24, 2.45) is 5.41 Å². The second-order valence-corrected chi connectivity index (χ2v) is 9.79. The maximum atomic E-state index is 12.1. The molecule has 29 heavy (non-hydrogen) atoms. The Bertz CT molecular complexity index is 753. The molecule has 2 aliphatic rings. The second-order valence-electron chi connectivity index (χ2n) is 9.79. The number of hydrogen-bond acceptors (Lipinski definition) is 8. The van der Waals surface area contributed by atoms with Crippen LogP contribution in [0.15, 0.2) is 12.4 Å². The van der Waals surface area contributed by atoms with Gasteiger partial charge in [-0.3, -0.25) is 0 Å². The van der Waals surface area contributed by atoms with Crippen LogP contribution in [0.25, 0.3) is 0 Å². The molecule has 0 N–H and O–H groups in total. The summed E-state index contributed by atoms with van der Waals surface area (Å²) >= 11 is 0. The van der Waals surface area contributed by atoms with Gasteiger partial charge in [0, 0.05) is 31.6 Å². The van der Waals surface area contributed by atoms with Gasteiger partial charge >= 0.3 is 12.1 Å². The average Bonchev–Trinajstić information content (AvgIpc) is 2.48. The quantitative estimate of drug-likeness (QED) is 0.703. The van der Waals surface area contributed by atoms with Crippen LogP contribution in [0.5, 0.6) is 5.75 Å². The first kappa shape index (κ1) is 21.1. The van der Waals surface area contributed by atoms with E-state index >= 15 is 0 Å². The van der Waals surface area contributed by atoms with E-state index in [1.807, 2.05) is 20.8 Å². The van der Waals surface area contributed by atoms with Crippen LogP contribution in [0.3, 0.4) is 0 Å². The Morgan fingerprint density at radius 3 is 2.03 bits per heavy atom. The van der Waals surface area contributed by atoms with E-state index in [9.17, 15) is 9.59 Å². The molecule has 9 nitrogen and oxygen atoms in total. The van der Waals surface area contributed by atoms with E-state index in [1.54, 1.807) is 38.1 Å². The second kappa shape index (κ2) is 7.35. The molecule has 0 aliphatic carbocycles. The summed E-state index contributed by atoms with van der Waals surface area (Å²) in [5, 5.41) is 0. The molecule has 1 spiro atoms. The van der Waals surface area contributed by atoms with Gasteiger partial charge in [-0.05, 0) is 41.5 Å². The molecule has 2 aliphatic heterocycles. The van der Waals surface area contributed by atoms with Gasteiger partial charge in [0.1, 0.15) is 11.2 Å². The summed E-state index contributed by atoms with van der Waals surface area (Å²) in [6.45, 7) is 13.8. The van der Waals surface area contributed by atoms with E-state index in [0.29, 0.717) is 24.8 Å². The van der Waals surface area contributed by atoms with Crippen LogP contribution in [0.2, 0.25) is 0 Å². The molecule has 2 fully saturated rings. The standard InChI is InChI=1S/C20H30N4O5/c1-18(2,3)28-15(25)9-27-14-7-21-16(22-8-14)23-10-20(11-23)12-24(13-20)17(26)29-19(4,5)6/h7-8H,9-13H2,1-6H3. The van der Waals surface area contributed by atoms with E-state index in [1.165, 1.54) is 0 Å². The number of amides is 1. The molecule has 1 amide bonds. The third-order valence-corrected chi connectivity index (χ3v) is 4.43. The first-order valence-corrected chi connectivity index (χ1v) is 9.74. The van der Waals surface area contributed by atoms with Crippen molar-refractivity contribution in [1.29, 1.82) is 0 Å². The van der Waals surface area contributed by atoms with Crippen LogP contribution >= 0.6 is 0 Å². The Morgan fingerprint density at radius 2 is 1.52 bits per heavy atom. The Kier molecular flexibility index (Phi) is 5.36. The van der Waals surface area contributed by atoms with Crippen LogP contribution < -0.4 is 9.64 Å². The highest BCUT2D eigenvalue weighted by Gasteiger charge is 2.54. The number of aromatic nitrogens is 2. The first-order chi connectivity index (χ1) is 13.3. The Morgan fingerprint density at radius 1 is 0.966 bits per heavy atom. The number of esters is 1. The highest BCUT2D eigenvalue weighted by molar-refractivity contribution is 5.71. The Balaban J connectivity index is 1.42. The summed E-state index contributed by atoms with van der Waals surface area (Å²) in [5.74, 6) is 0.580. The van der Waals surface area contributed by atoms with Crippen LogP contribution in [0.1, 0.15) is 41.5 Å². The molecule has 0 bridgehead atoms. The molecule has 0 atom stereocenters. The number of carbonyl (C=O) groups excluding carboxylic acids is 2. The lowest BCUT2D eigenvalue weighted by molar-refractivity contribution is -0.157. The number of hydrogen-bond donors (Lipinski definition) is 0. The molecular formula is C20H30N4O5. The van der Waals surface area contributed by atoms with Crippen molar-refractivity contribution < 1.29 is 23.8 Å². The highest BCUT2D eigenvalue weighted by Crippen LogP contribution is 2.41. The average molecular weight is 406 g/mol. The first-order valence-electron chi connectivity index (χ1n) is 9.74. The van der Waals surface area contributed by atoms with Crippen molar-refractivity contribution in [3.63, 3.8) is 0 Å². The topological polar surface area (TPSA) is 94.1 Å². The van der Waals surface area contributed by atoms with Gasteiger partial charge in [0.05, 0.1) is 12.4 Å². The number of nitrogens with zero attached hydrogens (tertiary/aromatic N) is 4. The van der Waals surface area contributed by atoms with Crippen molar-refractivity contribution in [2.45, 2.75) is 52.7 Å². The van der Waals surface area contributed by atoms with Gasteiger partial charge in [-0.25, -0.2) is 19.6 Å². The van der Waals surface area contributed by atoms with Crippen LogP contribution in [0, 0.1) is 5.41 Å². The van der Waals surface area contributed by atoms with Crippen molar-refractivity contribution in [3.05, 3.63) is 12.4 Å². The molecule has 3 rings (SSSR count). The third kappa shape index (κ3) is 5.48. The lowest BCUT2D eigenvalue weighted by Gasteiger charge is -2.59. The maximum absolute atomic E-state index is 12.1. The predicted molar refractivity (Wildman–Crippen MR) is 106 cm³/mol.